The second-order valence-corrected chi connectivity index (χ2v) is 6.25. The quantitative estimate of drug-likeness (QED) is 0.853. The van der Waals surface area contributed by atoms with E-state index in [0.29, 0.717) is 11.3 Å². The monoisotopic (exact) mass is 339 g/mol. The highest BCUT2D eigenvalue weighted by atomic mass is 19.1. The number of ether oxygens (including phenoxy) is 1. The van der Waals surface area contributed by atoms with Crippen molar-refractivity contribution in [2.24, 2.45) is 0 Å². The summed E-state index contributed by atoms with van der Waals surface area (Å²) in [6.07, 6.45) is 0. The zero-order chi connectivity index (χ0) is 17.8. The fourth-order valence-electron chi connectivity index (χ4n) is 3.30. The minimum absolute atomic E-state index is 0.281. The zero-order valence-corrected chi connectivity index (χ0v) is 14.6. The van der Waals surface area contributed by atoms with Crippen LogP contribution >= 0.6 is 0 Å². The van der Waals surface area contributed by atoms with Crippen LogP contribution < -0.4 is 9.64 Å². The highest BCUT2D eigenvalue weighted by Gasteiger charge is 2.23. The molecular formula is C20H22FN3O. The molecule has 5 heteroatoms. The first-order chi connectivity index (χ1) is 12.1. The van der Waals surface area contributed by atoms with Crippen molar-refractivity contribution in [3.63, 3.8) is 0 Å². The summed E-state index contributed by atoms with van der Waals surface area (Å²) in [7, 11) is 1.68. The number of hydrogen-bond donors (Lipinski definition) is 0. The molecule has 25 heavy (non-hydrogen) atoms. The highest BCUT2D eigenvalue weighted by molar-refractivity contribution is 5.51. The van der Waals surface area contributed by atoms with Crippen LogP contribution in [0.5, 0.6) is 5.75 Å². The van der Waals surface area contributed by atoms with Crippen LogP contribution in [0.15, 0.2) is 42.5 Å². The number of rotatable bonds is 4. The summed E-state index contributed by atoms with van der Waals surface area (Å²) in [6.45, 7) is 5.43. The number of nitrogens with zero attached hydrogens (tertiary/aromatic N) is 3. The smallest absolute Gasteiger partial charge is 0.147 e. The molecule has 1 atom stereocenters. The van der Waals surface area contributed by atoms with Crippen LogP contribution in [0.25, 0.3) is 0 Å². The summed E-state index contributed by atoms with van der Waals surface area (Å²) >= 11 is 0. The van der Waals surface area contributed by atoms with Gasteiger partial charge < -0.3 is 9.64 Å². The molecule has 0 radical (unpaired) electrons. The molecule has 0 bridgehead atoms. The summed E-state index contributed by atoms with van der Waals surface area (Å²) in [6, 6.07) is 15.1. The van der Waals surface area contributed by atoms with Crippen molar-refractivity contribution in [1.29, 1.82) is 5.26 Å². The van der Waals surface area contributed by atoms with Gasteiger partial charge in [0.05, 0.1) is 24.4 Å². The second-order valence-electron chi connectivity index (χ2n) is 6.25. The van der Waals surface area contributed by atoms with Crippen molar-refractivity contribution in [3.05, 3.63) is 59.4 Å². The molecule has 0 amide bonds. The molecule has 130 valence electrons. The Bertz CT molecular complexity index is 779. The van der Waals surface area contributed by atoms with E-state index < -0.39 is 0 Å². The number of hydrogen-bond acceptors (Lipinski definition) is 4. The third kappa shape index (κ3) is 3.75. The molecule has 4 nitrogen and oxygen atoms in total. The molecule has 2 aromatic carbocycles. The Morgan fingerprint density at radius 3 is 2.52 bits per heavy atom. The molecule has 2 aromatic rings. The Morgan fingerprint density at radius 1 is 1.12 bits per heavy atom. The lowest BCUT2D eigenvalue weighted by molar-refractivity contribution is 0.198. The van der Waals surface area contributed by atoms with Gasteiger partial charge >= 0.3 is 0 Å². The van der Waals surface area contributed by atoms with Gasteiger partial charge in [-0.05, 0) is 42.8 Å². The summed E-state index contributed by atoms with van der Waals surface area (Å²) < 4.78 is 19.5. The molecule has 0 saturated carbocycles. The molecule has 1 unspecified atom stereocenters. The summed E-state index contributed by atoms with van der Waals surface area (Å²) in [5, 5.41) is 8.86. The van der Waals surface area contributed by atoms with Crippen LogP contribution in [0.3, 0.4) is 0 Å². The van der Waals surface area contributed by atoms with Crippen molar-refractivity contribution < 1.29 is 9.13 Å². The lowest BCUT2D eigenvalue weighted by atomic mass is 10.1. The van der Waals surface area contributed by atoms with Crippen molar-refractivity contribution in [1.82, 2.24) is 4.90 Å². The standard InChI is InChI=1S/C20H22FN3O/c1-15(17-4-3-5-18(13-17)25-2)23-8-10-24(11-9-23)20-7-6-16(14-22)12-19(20)21/h3-7,12-13,15H,8-11H2,1-2H3. The van der Waals surface area contributed by atoms with Crippen molar-refractivity contribution >= 4 is 5.69 Å². The van der Waals surface area contributed by atoms with Gasteiger partial charge in [-0.25, -0.2) is 4.39 Å². The first-order valence-electron chi connectivity index (χ1n) is 8.45. The number of anilines is 1. The van der Waals surface area contributed by atoms with Gasteiger partial charge in [-0.1, -0.05) is 12.1 Å². The van der Waals surface area contributed by atoms with Gasteiger partial charge in [-0.2, -0.15) is 5.26 Å². The number of halogens is 1. The Hall–Kier alpha value is -2.58. The molecule has 3 rings (SSSR count). The van der Waals surface area contributed by atoms with E-state index in [2.05, 4.69) is 24.0 Å². The number of methoxy groups -OCH3 is 1. The molecule has 0 aliphatic carbocycles. The normalized spacial score (nSPS) is 16.3. The number of piperazine rings is 1. The van der Waals surface area contributed by atoms with E-state index in [1.54, 1.807) is 19.2 Å². The van der Waals surface area contributed by atoms with Gasteiger partial charge in [0.2, 0.25) is 0 Å². The Labute approximate surface area is 148 Å². The van der Waals surface area contributed by atoms with Crippen LogP contribution in [0, 0.1) is 17.1 Å². The van der Waals surface area contributed by atoms with Crippen molar-refractivity contribution in [2.45, 2.75) is 13.0 Å². The average molecular weight is 339 g/mol. The topological polar surface area (TPSA) is 39.5 Å². The largest absolute Gasteiger partial charge is 0.497 e. The van der Waals surface area contributed by atoms with Gasteiger partial charge in [0.25, 0.3) is 0 Å². The van der Waals surface area contributed by atoms with Crippen molar-refractivity contribution in [2.75, 3.05) is 38.2 Å². The van der Waals surface area contributed by atoms with Gasteiger partial charge in [0, 0.05) is 32.2 Å². The molecule has 1 heterocycles. The maximum atomic E-state index is 14.2. The minimum atomic E-state index is -0.326. The third-order valence-electron chi connectivity index (χ3n) is 4.86. The summed E-state index contributed by atoms with van der Waals surface area (Å²) in [5.74, 6) is 0.538. The van der Waals surface area contributed by atoms with E-state index in [4.69, 9.17) is 10.00 Å². The Kier molecular flexibility index (Phi) is 5.20. The van der Waals surface area contributed by atoms with E-state index >= 15 is 0 Å². The lowest BCUT2D eigenvalue weighted by Gasteiger charge is -2.39. The van der Waals surface area contributed by atoms with E-state index in [1.807, 2.05) is 23.1 Å². The first-order valence-corrected chi connectivity index (χ1v) is 8.45. The lowest BCUT2D eigenvalue weighted by Crippen LogP contribution is -2.47. The highest BCUT2D eigenvalue weighted by Crippen LogP contribution is 2.27. The maximum absolute atomic E-state index is 14.2. The summed E-state index contributed by atoms with van der Waals surface area (Å²) in [5.41, 5.74) is 2.15. The van der Waals surface area contributed by atoms with Gasteiger partial charge in [0.15, 0.2) is 0 Å². The molecule has 1 saturated heterocycles. The van der Waals surface area contributed by atoms with Crippen molar-refractivity contribution in [3.8, 4) is 11.8 Å². The van der Waals surface area contributed by atoms with E-state index in [1.165, 1.54) is 11.6 Å². The molecule has 1 aliphatic heterocycles. The molecule has 0 N–H and O–H groups in total. The fourth-order valence-corrected chi connectivity index (χ4v) is 3.30. The SMILES string of the molecule is COc1cccc(C(C)N2CCN(c3ccc(C#N)cc3F)CC2)c1. The van der Waals surface area contributed by atoms with Gasteiger partial charge in [-0.15, -0.1) is 0 Å². The third-order valence-corrected chi connectivity index (χ3v) is 4.86. The van der Waals surface area contributed by atoms with E-state index in [9.17, 15) is 4.39 Å². The molecule has 1 aliphatic rings. The van der Waals surface area contributed by atoms with Gasteiger partial charge in [-0.3, -0.25) is 4.90 Å². The number of benzene rings is 2. The molecule has 0 aromatic heterocycles. The predicted octanol–water partition coefficient (Wildman–Crippen LogP) is 3.59. The van der Waals surface area contributed by atoms with Crippen LogP contribution in [-0.4, -0.2) is 38.2 Å². The first kappa shape index (κ1) is 17.2. The molecular weight excluding hydrogens is 317 g/mol. The molecule has 0 spiro atoms. The van der Waals surface area contributed by atoms with E-state index in [0.717, 1.165) is 31.9 Å². The Morgan fingerprint density at radius 2 is 1.88 bits per heavy atom. The van der Waals surface area contributed by atoms with E-state index in [-0.39, 0.29) is 11.9 Å². The minimum Gasteiger partial charge on any atom is -0.497 e. The average Bonchev–Trinajstić information content (AvgIpc) is 2.67. The van der Waals surface area contributed by atoms with Gasteiger partial charge in [0.1, 0.15) is 11.6 Å². The zero-order valence-electron chi connectivity index (χ0n) is 14.6. The fraction of sp³-hybridized carbons (Fsp3) is 0.350. The van der Waals surface area contributed by atoms with Crippen LogP contribution in [0.4, 0.5) is 10.1 Å². The Balaban J connectivity index is 1.66. The summed E-state index contributed by atoms with van der Waals surface area (Å²) in [4.78, 5) is 4.44. The van der Waals surface area contributed by atoms with Crippen LogP contribution in [-0.2, 0) is 0 Å². The molecule has 1 fully saturated rings. The van der Waals surface area contributed by atoms with Crippen LogP contribution in [0.2, 0.25) is 0 Å². The maximum Gasteiger partial charge on any atom is 0.147 e. The predicted molar refractivity (Wildman–Crippen MR) is 96.3 cm³/mol. The second kappa shape index (κ2) is 7.54. The van der Waals surface area contributed by atoms with Crippen LogP contribution in [0.1, 0.15) is 24.1 Å². The number of nitriles is 1.